The number of esters is 1. The lowest BCUT2D eigenvalue weighted by atomic mass is 10.2. The molecular weight excluding hydrogens is 326 g/mol. The number of nitrogens with zero attached hydrogens (tertiary/aromatic N) is 5. The Labute approximate surface area is 142 Å². The van der Waals surface area contributed by atoms with Gasteiger partial charge in [-0.15, -0.1) is 0 Å². The number of aromatic nitrogens is 4. The molecule has 0 saturated carbocycles. The fraction of sp³-hybridized carbons (Fsp3) is 0.188. The van der Waals surface area contributed by atoms with Crippen LogP contribution >= 0.6 is 0 Å². The van der Waals surface area contributed by atoms with Gasteiger partial charge in [0.25, 0.3) is 0 Å². The molecule has 1 aromatic carbocycles. The summed E-state index contributed by atoms with van der Waals surface area (Å²) in [5.74, 6) is -0.383. The molecule has 0 bridgehead atoms. The average Bonchev–Trinajstić information content (AvgIpc) is 3.23. The maximum atomic E-state index is 11.8. The van der Waals surface area contributed by atoms with Crippen LogP contribution in [0.1, 0.15) is 24.2 Å². The summed E-state index contributed by atoms with van der Waals surface area (Å²) >= 11 is 0. The molecular formula is C16H15N5O4. The van der Waals surface area contributed by atoms with E-state index >= 15 is 0 Å². The highest BCUT2D eigenvalue weighted by atomic mass is 16.6. The lowest BCUT2D eigenvalue weighted by Gasteiger charge is -2.08. The summed E-state index contributed by atoms with van der Waals surface area (Å²) in [4.78, 5) is 22.0. The van der Waals surface area contributed by atoms with Crippen LogP contribution in [0, 0.1) is 10.1 Å². The van der Waals surface area contributed by atoms with Crippen LogP contribution in [0.2, 0.25) is 0 Å². The Bertz CT molecular complexity index is 911. The van der Waals surface area contributed by atoms with Crippen LogP contribution in [0.25, 0.3) is 11.4 Å². The fourth-order valence-electron chi connectivity index (χ4n) is 2.15. The van der Waals surface area contributed by atoms with Crippen molar-refractivity contribution < 1.29 is 14.5 Å². The minimum absolute atomic E-state index is 0.0965. The van der Waals surface area contributed by atoms with Crippen molar-refractivity contribution in [2.45, 2.75) is 20.0 Å². The van der Waals surface area contributed by atoms with Crippen molar-refractivity contribution in [1.82, 2.24) is 19.6 Å². The number of ether oxygens (including phenoxy) is 1. The minimum Gasteiger partial charge on any atom is -0.459 e. The van der Waals surface area contributed by atoms with Gasteiger partial charge in [-0.1, -0.05) is 0 Å². The van der Waals surface area contributed by atoms with Crippen molar-refractivity contribution in [3.63, 3.8) is 0 Å². The molecule has 0 N–H and O–H groups in total. The zero-order valence-electron chi connectivity index (χ0n) is 13.6. The highest BCUT2D eigenvalue weighted by molar-refractivity contribution is 5.89. The summed E-state index contributed by atoms with van der Waals surface area (Å²) in [6, 6.07) is 6.78. The summed E-state index contributed by atoms with van der Waals surface area (Å²) in [6.45, 7) is 3.58. The number of carbonyl (C=O) groups excluding carboxylic acids is 1. The average molecular weight is 341 g/mol. The van der Waals surface area contributed by atoms with Crippen LogP contribution < -0.4 is 0 Å². The second kappa shape index (κ2) is 6.56. The molecule has 0 radical (unpaired) electrons. The summed E-state index contributed by atoms with van der Waals surface area (Å²) in [5, 5.41) is 18.9. The molecule has 9 heteroatoms. The highest BCUT2D eigenvalue weighted by Crippen LogP contribution is 2.16. The molecule has 0 spiro atoms. The summed E-state index contributed by atoms with van der Waals surface area (Å²) in [5.41, 5.74) is 1.67. The van der Waals surface area contributed by atoms with E-state index in [1.54, 1.807) is 49.0 Å². The lowest BCUT2D eigenvalue weighted by Crippen LogP contribution is -2.11. The van der Waals surface area contributed by atoms with E-state index in [0.717, 1.165) is 5.69 Å². The van der Waals surface area contributed by atoms with Crippen molar-refractivity contribution in [2.75, 3.05) is 0 Å². The number of hydrogen-bond donors (Lipinski definition) is 0. The van der Waals surface area contributed by atoms with Gasteiger partial charge in [0.15, 0.2) is 0 Å². The molecule has 0 atom stereocenters. The van der Waals surface area contributed by atoms with Gasteiger partial charge < -0.3 is 4.74 Å². The Kier molecular flexibility index (Phi) is 4.29. The van der Waals surface area contributed by atoms with Gasteiger partial charge in [-0.3, -0.25) is 10.1 Å². The van der Waals surface area contributed by atoms with Crippen molar-refractivity contribution in [1.29, 1.82) is 0 Å². The Morgan fingerprint density at radius 1 is 1.08 bits per heavy atom. The highest BCUT2D eigenvalue weighted by Gasteiger charge is 2.12. The van der Waals surface area contributed by atoms with Gasteiger partial charge in [0.2, 0.25) is 0 Å². The van der Waals surface area contributed by atoms with Gasteiger partial charge >= 0.3 is 11.7 Å². The van der Waals surface area contributed by atoms with Crippen molar-refractivity contribution >= 4 is 11.7 Å². The van der Waals surface area contributed by atoms with Crippen LogP contribution in [0.4, 0.5) is 5.69 Å². The molecule has 3 aromatic rings. The van der Waals surface area contributed by atoms with E-state index in [0.29, 0.717) is 11.3 Å². The minimum atomic E-state index is -0.511. The molecule has 2 heterocycles. The van der Waals surface area contributed by atoms with Crippen molar-refractivity contribution in [3.8, 4) is 11.4 Å². The number of hydrogen-bond acceptors (Lipinski definition) is 6. The first kappa shape index (κ1) is 16.4. The zero-order valence-corrected chi connectivity index (χ0v) is 13.6. The van der Waals surface area contributed by atoms with E-state index in [-0.39, 0.29) is 17.8 Å². The SMILES string of the molecule is CC(C)OC(=O)c1ccc(-n2cc(-n3cc([N+](=O)[O-])cn3)cn2)cc1. The Morgan fingerprint density at radius 2 is 1.72 bits per heavy atom. The van der Waals surface area contributed by atoms with Gasteiger partial charge in [-0.2, -0.15) is 10.2 Å². The van der Waals surface area contributed by atoms with Gasteiger partial charge in [0, 0.05) is 0 Å². The summed E-state index contributed by atoms with van der Waals surface area (Å²) < 4.78 is 8.09. The first-order valence-electron chi connectivity index (χ1n) is 7.49. The van der Waals surface area contributed by atoms with Gasteiger partial charge in [0.05, 0.1) is 34.7 Å². The fourth-order valence-corrected chi connectivity index (χ4v) is 2.15. The summed E-state index contributed by atoms with van der Waals surface area (Å²) in [7, 11) is 0. The lowest BCUT2D eigenvalue weighted by molar-refractivity contribution is -0.384. The third-order valence-corrected chi connectivity index (χ3v) is 3.32. The predicted octanol–water partition coefficient (Wildman–Crippen LogP) is 2.53. The van der Waals surface area contributed by atoms with Crippen LogP contribution in [-0.2, 0) is 4.74 Å². The Morgan fingerprint density at radius 3 is 2.32 bits per heavy atom. The molecule has 9 nitrogen and oxygen atoms in total. The number of nitro groups is 1. The smallest absolute Gasteiger partial charge is 0.338 e. The first-order valence-corrected chi connectivity index (χ1v) is 7.49. The second-order valence-corrected chi connectivity index (χ2v) is 5.54. The molecule has 0 aliphatic heterocycles. The molecule has 0 aliphatic rings. The third-order valence-electron chi connectivity index (χ3n) is 3.32. The van der Waals surface area contributed by atoms with Crippen LogP contribution in [0.15, 0.2) is 49.1 Å². The van der Waals surface area contributed by atoms with E-state index in [1.165, 1.54) is 23.3 Å². The normalized spacial score (nSPS) is 10.8. The predicted molar refractivity (Wildman–Crippen MR) is 87.9 cm³/mol. The van der Waals surface area contributed by atoms with Gasteiger partial charge in [-0.25, -0.2) is 14.2 Å². The largest absolute Gasteiger partial charge is 0.459 e. The molecule has 128 valence electrons. The number of carbonyl (C=O) groups is 1. The Hall–Kier alpha value is -3.49. The number of benzene rings is 1. The molecule has 25 heavy (non-hydrogen) atoms. The van der Waals surface area contributed by atoms with E-state index in [1.807, 2.05) is 0 Å². The van der Waals surface area contributed by atoms with Crippen LogP contribution in [-0.4, -0.2) is 36.6 Å². The van der Waals surface area contributed by atoms with Crippen LogP contribution in [0.3, 0.4) is 0 Å². The van der Waals surface area contributed by atoms with E-state index in [4.69, 9.17) is 4.74 Å². The zero-order chi connectivity index (χ0) is 18.0. The maximum Gasteiger partial charge on any atom is 0.338 e. The summed E-state index contributed by atoms with van der Waals surface area (Å²) in [6.07, 6.45) is 5.52. The third kappa shape index (κ3) is 3.55. The number of rotatable bonds is 5. The standard InChI is InChI=1S/C16H15N5O4/c1-11(2)25-16(22)12-3-5-13(6-4-12)19-9-14(7-17-19)20-10-15(8-18-20)21(23)24/h3-11H,1-2H3. The molecule has 3 rings (SSSR count). The Balaban J connectivity index is 1.80. The van der Waals surface area contributed by atoms with E-state index < -0.39 is 4.92 Å². The van der Waals surface area contributed by atoms with Crippen molar-refractivity contribution in [2.24, 2.45) is 0 Å². The van der Waals surface area contributed by atoms with Crippen molar-refractivity contribution in [3.05, 3.63) is 64.7 Å². The molecule has 2 aromatic heterocycles. The second-order valence-electron chi connectivity index (χ2n) is 5.54. The molecule has 0 unspecified atom stereocenters. The van der Waals surface area contributed by atoms with E-state index in [9.17, 15) is 14.9 Å². The molecule has 0 saturated heterocycles. The van der Waals surface area contributed by atoms with Crippen LogP contribution in [0.5, 0.6) is 0 Å². The monoisotopic (exact) mass is 341 g/mol. The first-order chi connectivity index (χ1) is 11.9. The van der Waals surface area contributed by atoms with E-state index in [2.05, 4.69) is 10.2 Å². The molecule has 0 aliphatic carbocycles. The molecule has 0 amide bonds. The van der Waals surface area contributed by atoms with Gasteiger partial charge in [0.1, 0.15) is 18.1 Å². The quantitative estimate of drug-likeness (QED) is 0.401. The topological polar surface area (TPSA) is 105 Å². The molecule has 0 fully saturated rings. The maximum absolute atomic E-state index is 11.8. The van der Waals surface area contributed by atoms with Gasteiger partial charge in [-0.05, 0) is 38.1 Å².